The van der Waals surface area contributed by atoms with Crippen LogP contribution in [-0.4, -0.2) is 57.8 Å². The van der Waals surface area contributed by atoms with Crippen molar-refractivity contribution in [1.29, 1.82) is 0 Å². The zero-order chi connectivity index (χ0) is 17.6. The molecular formula is C18H25N3O4. The molecule has 7 heteroatoms. The van der Waals surface area contributed by atoms with Gasteiger partial charge in [0.2, 0.25) is 0 Å². The second kappa shape index (κ2) is 6.21. The number of hydrogen-bond acceptors (Lipinski definition) is 5. The topological polar surface area (TPSA) is 95.5 Å². The van der Waals surface area contributed by atoms with Crippen LogP contribution in [0.1, 0.15) is 61.1 Å². The van der Waals surface area contributed by atoms with E-state index in [1.165, 1.54) is 6.20 Å². The van der Waals surface area contributed by atoms with Gasteiger partial charge in [0.15, 0.2) is 0 Å². The summed E-state index contributed by atoms with van der Waals surface area (Å²) in [6, 6.07) is 0. The molecule has 2 heterocycles. The fraction of sp³-hybridized carbons (Fsp3) is 0.722. The van der Waals surface area contributed by atoms with Crippen LogP contribution in [0.15, 0.2) is 11.0 Å². The number of nitrogens with one attached hydrogen (secondary N) is 1. The molecule has 2 atom stereocenters. The highest BCUT2D eigenvalue weighted by atomic mass is 16.5. The van der Waals surface area contributed by atoms with Crippen LogP contribution in [0.3, 0.4) is 0 Å². The average Bonchev–Trinajstić information content (AvgIpc) is 3.46. The summed E-state index contributed by atoms with van der Waals surface area (Å²) < 4.78 is 5.75. The van der Waals surface area contributed by atoms with Crippen molar-refractivity contribution in [3.8, 4) is 0 Å². The molecule has 1 aromatic rings. The number of aliphatic hydroxyl groups excluding tert-OH is 1. The molecule has 1 spiro atoms. The first kappa shape index (κ1) is 16.7. The van der Waals surface area contributed by atoms with Crippen molar-refractivity contribution in [2.75, 3.05) is 19.7 Å². The Kier molecular flexibility index (Phi) is 4.16. The minimum absolute atomic E-state index is 0.0765. The van der Waals surface area contributed by atoms with Gasteiger partial charge in [-0.1, -0.05) is 0 Å². The Labute approximate surface area is 146 Å². The van der Waals surface area contributed by atoms with Gasteiger partial charge in [0.05, 0.1) is 12.2 Å². The Morgan fingerprint density at radius 3 is 2.72 bits per heavy atom. The number of aromatic amines is 1. The lowest BCUT2D eigenvalue weighted by molar-refractivity contribution is -0.207. The van der Waals surface area contributed by atoms with Gasteiger partial charge in [-0.25, -0.2) is 4.98 Å². The van der Waals surface area contributed by atoms with Crippen LogP contribution in [0, 0.1) is 5.41 Å². The monoisotopic (exact) mass is 347 g/mol. The maximum Gasteiger partial charge on any atom is 0.263 e. The number of hydrogen-bond donors (Lipinski definition) is 2. The van der Waals surface area contributed by atoms with Crippen LogP contribution in [0.5, 0.6) is 0 Å². The number of nitrogens with zero attached hydrogens (tertiary/aromatic N) is 2. The molecule has 2 N–H and O–H groups in total. The minimum Gasteiger partial charge on any atom is -0.392 e. The van der Waals surface area contributed by atoms with Gasteiger partial charge in [0, 0.05) is 43.6 Å². The largest absolute Gasteiger partial charge is 0.392 e. The average molecular weight is 347 g/mol. The van der Waals surface area contributed by atoms with Crippen LogP contribution in [0.2, 0.25) is 0 Å². The predicted molar refractivity (Wildman–Crippen MR) is 90.4 cm³/mol. The van der Waals surface area contributed by atoms with Crippen molar-refractivity contribution in [2.24, 2.45) is 5.41 Å². The van der Waals surface area contributed by atoms with Crippen molar-refractivity contribution in [1.82, 2.24) is 14.9 Å². The molecule has 1 amide bonds. The van der Waals surface area contributed by atoms with Crippen LogP contribution in [0.4, 0.5) is 0 Å². The molecular weight excluding hydrogens is 322 g/mol. The highest BCUT2D eigenvalue weighted by molar-refractivity contribution is 5.93. The van der Waals surface area contributed by atoms with E-state index in [1.54, 1.807) is 4.90 Å². The Balaban J connectivity index is 1.44. The Morgan fingerprint density at radius 2 is 2.16 bits per heavy atom. The number of aromatic nitrogens is 2. The number of piperidine rings is 1. The molecule has 0 radical (unpaired) electrons. The van der Waals surface area contributed by atoms with E-state index >= 15 is 0 Å². The molecule has 0 aromatic carbocycles. The van der Waals surface area contributed by atoms with E-state index in [9.17, 15) is 14.7 Å². The summed E-state index contributed by atoms with van der Waals surface area (Å²) in [6.07, 6.45) is 5.32. The maximum absolute atomic E-state index is 12.7. The van der Waals surface area contributed by atoms with E-state index in [0.29, 0.717) is 50.7 Å². The van der Waals surface area contributed by atoms with Gasteiger partial charge in [0.1, 0.15) is 11.4 Å². The predicted octanol–water partition coefficient (Wildman–Crippen LogP) is 1.04. The molecule has 2 aliphatic carbocycles. The summed E-state index contributed by atoms with van der Waals surface area (Å²) in [5.41, 5.74) is -0.471. The summed E-state index contributed by atoms with van der Waals surface area (Å²) in [5, 5.41) is 10.2. The Bertz CT molecular complexity index is 717. The summed E-state index contributed by atoms with van der Waals surface area (Å²) in [4.78, 5) is 33.6. The van der Waals surface area contributed by atoms with E-state index in [1.807, 2.05) is 6.92 Å². The third kappa shape index (κ3) is 2.79. The number of amides is 1. The molecule has 1 saturated heterocycles. The number of rotatable bonds is 4. The molecule has 25 heavy (non-hydrogen) atoms. The van der Waals surface area contributed by atoms with Gasteiger partial charge in [-0.05, 0) is 32.6 Å². The summed E-state index contributed by atoms with van der Waals surface area (Å²) in [5.74, 6) is 0.770. The van der Waals surface area contributed by atoms with Crippen molar-refractivity contribution in [2.45, 2.75) is 57.2 Å². The maximum atomic E-state index is 12.7. The standard InChI is InChI=1S/C18H25N3O4/c1-2-25-14-9-13(22)18(14)5-7-21(8-6-18)17(24)12-10-19-15(11-3-4-11)20-16(12)23/h10-11,13-14,22H,2-9H2,1H3,(H,19,20,23)/t13-,14+/m0/s1. The Morgan fingerprint density at radius 1 is 1.44 bits per heavy atom. The first-order chi connectivity index (χ1) is 12.0. The van der Waals surface area contributed by atoms with Gasteiger partial charge in [0.25, 0.3) is 11.5 Å². The number of aliphatic hydroxyl groups is 1. The van der Waals surface area contributed by atoms with Gasteiger partial charge in [-0.15, -0.1) is 0 Å². The van der Waals surface area contributed by atoms with E-state index in [4.69, 9.17) is 4.74 Å². The molecule has 7 nitrogen and oxygen atoms in total. The SMILES string of the molecule is CCO[C@@H]1C[C@H](O)C12CCN(C(=O)c1cnc(C3CC3)[nH]c1=O)CC2. The summed E-state index contributed by atoms with van der Waals surface area (Å²) in [7, 11) is 0. The first-order valence-electron chi connectivity index (χ1n) is 9.23. The fourth-order valence-corrected chi connectivity index (χ4v) is 4.24. The lowest BCUT2D eigenvalue weighted by atomic mass is 9.58. The van der Waals surface area contributed by atoms with Crippen molar-refractivity contribution in [3.05, 3.63) is 27.9 Å². The van der Waals surface area contributed by atoms with Crippen LogP contribution >= 0.6 is 0 Å². The zero-order valence-electron chi connectivity index (χ0n) is 14.5. The third-order valence-corrected chi connectivity index (χ3v) is 6.11. The van der Waals surface area contributed by atoms with Crippen LogP contribution < -0.4 is 5.56 Å². The molecule has 3 aliphatic rings. The van der Waals surface area contributed by atoms with E-state index in [2.05, 4.69) is 9.97 Å². The van der Waals surface area contributed by atoms with Crippen LogP contribution in [-0.2, 0) is 4.74 Å². The molecule has 3 fully saturated rings. The number of H-pyrrole nitrogens is 1. The number of likely N-dealkylation sites (tertiary alicyclic amines) is 1. The molecule has 136 valence electrons. The zero-order valence-corrected chi connectivity index (χ0v) is 14.5. The van der Waals surface area contributed by atoms with Gasteiger partial charge < -0.3 is 19.7 Å². The molecule has 1 aromatic heterocycles. The van der Waals surface area contributed by atoms with E-state index in [0.717, 1.165) is 12.8 Å². The lowest BCUT2D eigenvalue weighted by Gasteiger charge is -2.56. The number of carbonyl (C=O) groups is 1. The third-order valence-electron chi connectivity index (χ3n) is 6.11. The molecule has 4 rings (SSSR count). The first-order valence-corrected chi connectivity index (χ1v) is 9.23. The highest BCUT2D eigenvalue weighted by Gasteiger charge is 2.56. The van der Waals surface area contributed by atoms with Crippen molar-refractivity contribution < 1.29 is 14.6 Å². The van der Waals surface area contributed by atoms with Gasteiger partial charge >= 0.3 is 0 Å². The molecule has 1 aliphatic heterocycles. The lowest BCUT2D eigenvalue weighted by Crippen LogP contribution is -2.62. The Hall–Kier alpha value is -1.73. The van der Waals surface area contributed by atoms with Gasteiger partial charge in [-0.3, -0.25) is 9.59 Å². The summed E-state index contributed by atoms with van der Waals surface area (Å²) in [6.45, 7) is 3.66. The van der Waals surface area contributed by atoms with E-state index < -0.39 is 0 Å². The number of ether oxygens (including phenoxy) is 1. The highest BCUT2D eigenvalue weighted by Crippen LogP contribution is 2.51. The molecule has 0 unspecified atom stereocenters. The second-order valence-electron chi connectivity index (χ2n) is 7.51. The van der Waals surface area contributed by atoms with Crippen molar-refractivity contribution >= 4 is 5.91 Å². The smallest absolute Gasteiger partial charge is 0.263 e. The summed E-state index contributed by atoms with van der Waals surface area (Å²) >= 11 is 0. The quantitative estimate of drug-likeness (QED) is 0.848. The van der Waals surface area contributed by atoms with Crippen LogP contribution in [0.25, 0.3) is 0 Å². The number of carbonyl (C=O) groups excluding carboxylic acids is 1. The second-order valence-corrected chi connectivity index (χ2v) is 7.51. The van der Waals surface area contributed by atoms with Gasteiger partial charge in [-0.2, -0.15) is 0 Å². The fourth-order valence-electron chi connectivity index (χ4n) is 4.24. The molecule has 2 saturated carbocycles. The van der Waals surface area contributed by atoms with E-state index in [-0.39, 0.29) is 34.7 Å². The normalized spacial score (nSPS) is 28.0. The van der Waals surface area contributed by atoms with Crippen molar-refractivity contribution in [3.63, 3.8) is 0 Å². The molecule has 0 bridgehead atoms. The minimum atomic E-state index is -0.357.